The number of nitrogens with one attached hydrogen (secondary N) is 1. The van der Waals surface area contributed by atoms with E-state index in [0.29, 0.717) is 5.69 Å². The number of rotatable bonds is 3. The van der Waals surface area contributed by atoms with Gasteiger partial charge in [0.25, 0.3) is 0 Å². The molecule has 0 spiro atoms. The first kappa shape index (κ1) is 14.1. The molecule has 0 bridgehead atoms. The van der Waals surface area contributed by atoms with E-state index < -0.39 is 11.9 Å². The van der Waals surface area contributed by atoms with Gasteiger partial charge in [0.05, 0.1) is 11.9 Å². The fourth-order valence-corrected chi connectivity index (χ4v) is 1.97. The molecule has 3 rings (SSSR count). The van der Waals surface area contributed by atoms with E-state index in [-0.39, 0.29) is 11.5 Å². The molecule has 1 aromatic carbocycles. The Morgan fingerprint density at radius 3 is 2.41 bits per heavy atom. The Morgan fingerprint density at radius 2 is 1.77 bits per heavy atom. The van der Waals surface area contributed by atoms with Gasteiger partial charge in [-0.3, -0.25) is 0 Å². The third kappa shape index (κ3) is 2.76. The summed E-state index contributed by atoms with van der Waals surface area (Å²) < 4.78 is 40.9. The van der Waals surface area contributed by atoms with E-state index in [0.717, 1.165) is 10.9 Å². The van der Waals surface area contributed by atoms with Crippen LogP contribution in [0.2, 0.25) is 0 Å². The number of aromatic nitrogens is 4. The molecule has 0 unspecified atom stereocenters. The highest BCUT2D eigenvalue weighted by Gasteiger charge is 2.39. The van der Waals surface area contributed by atoms with Crippen molar-refractivity contribution in [2.24, 2.45) is 0 Å². The van der Waals surface area contributed by atoms with Crippen LogP contribution >= 0.6 is 0 Å². The standard InChI is InChI=1S/C14H10F3N5/c15-14(16,17)13-11(20-10-5-2-1-3-6-10)9-19-22(13)12-7-4-8-18-21-12/h1-9,20H. The summed E-state index contributed by atoms with van der Waals surface area (Å²) in [5.74, 6) is -0.00376. The minimum atomic E-state index is -4.59. The van der Waals surface area contributed by atoms with Gasteiger partial charge in [-0.1, -0.05) is 18.2 Å². The summed E-state index contributed by atoms with van der Waals surface area (Å²) in [4.78, 5) is 0. The molecule has 0 radical (unpaired) electrons. The van der Waals surface area contributed by atoms with Gasteiger partial charge in [0.1, 0.15) is 0 Å². The third-order valence-electron chi connectivity index (χ3n) is 2.87. The average Bonchev–Trinajstić information content (AvgIpc) is 2.93. The number of anilines is 2. The van der Waals surface area contributed by atoms with E-state index in [1.54, 1.807) is 30.3 Å². The molecule has 5 nitrogen and oxygen atoms in total. The van der Waals surface area contributed by atoms with E-state index in [4.69, 9.17) is 0 Å². The molecule has 0 saturated carbocycles. The summed E-state index contributed by atoms with van der Waals surface area (Å²) in [6.45, 7) is 0. The average molecular weight is 305 g/mol. The minimum Gasteiger partial charge on any atom is -0.352 e. The second-order valence-corrected chi connectivity index (χ2v) is 4.39. The van der Waals surface area contributed by atoms with Crippen LogP contribution in [0.15, 0.2) is 54.9 Å². The Balaban J connectivity index is 2.07. The fourth-order valence-electron chi connectivity index (χ4n) is 1.97. The predicted molar refractivity (Wildman–Crippen MR) is 73.9 cm³/mol. The number of benzene rings is 1. The molecule has 1 N–H and O–H groups in total. The second-order valence-electron chi connectivity index (χ2n) is 4.39. The lowest BCUT2D eigenvalue weighted by Gasteiger charge is -2.12. The molecule has 0 aliphatic rings. The first-order valence-electron chi connectivity index (χ1n) is 6.31. The van der Waals surface area contributed by atoms with Crippen LogP contribution in [0.3, 0.4) is 0 Å². The zero-order valence-corrected chi connectivity index (χ0v) is 11.1. The lowest BCUT2D eigenvalue weighted by molar-refractivity contribution is -0.142. The maximum atomic E-state index is 13.4. The van der Waals surface area contributed by atoms with Crippen LogP contribution in [0.1, 0.15) is 5.69 Å². The monoisotopic (exact) mass is 305 g/mol. The Kier molecular flexibility index (Phi) is 3.50. The fraction of sp³-hybridized carbons (Fsp3) is 0.0714. The van der Waals surface area contributed by atoms with Crippen LogP contribution in [0, 0.1) is 0 Å². The molecule has 0 saturated heterocycles. The van der Waals surface area contributed by atoms with Gasteiger partial charge in [-0.15, -0.1) is 5.10 Å². The summed E-state index contributed by atoms with van der Waals surface area (Å²) in [5.41, 5.74) is -0.548. The van der Waals surface area contributed by atoms with Crippen molar-refractivity contribution >= 4 is 11.4 Å². The van der Waals surface area contributed by atoms with Crippen molar-refractivity contribution in [3.63, 3.8) is 0 Å². The van der Waals surface area contributed by atoms with Crippen LogP contribution in [0.25, 0.3) is 5.82 Å². The summed E-state index contributed by atoms with van der Waals surface area (Å²) in [5, 5.41) is 13.7. The van der Waals surface area contributed by atoms with Crippen LogP contribution < -0.4 is 5.32 Å². The molecule has 0 aliphatic carbocycles. The number of nitrogens with zero attached hydrogens (tertiary/aromatic N) is 4. The third-order valence-corrected chi connectivity index (χ3v) is 2.87. The predicted octanol–water partition coefficient (Wildman–Crippen LogP) is 3.42. The Labute approximate surface area is 123 Å². The molecule has 112 valence electrons. The van der Waals surface area contributed by atoms with Crippen molar-refractivity contribution < 1.29 is 13.2 Å². The van der Waals surface area contributed by atoms with Crippen LogP contribution in [0.4, 0.5) is 24.5 Å². The van der Waals surface area contributed by atoms with Crippen molar-refractivity contribution in [1.82, 2.24) is 20.0 Å². The van der Waals surface area contributed by atoms with Crippen molar-refractivity contribution in [3.05, 3.63) is 60.6 Å². The van der Waals surface area contributed by atoms with E-state index in [1.165, 1.54) is 18.3 Å². The number of alkyl halides is 3. The van der Waals surface area contributed by atoms with Gasteiger partial charge in [0, 0.05) is 11.9 Å². The van der Waals surface area contributed by atoms with Gasteiger partial charge in [0.15, 0.2) is 11.5 Å². The summed E-state index contributed by atoms with van der Waals surface area (Å²) >= 11 is 0. The first-order valence-corrected chi connectivity index (χ1v) is 6.31. The molecule has 8 heteroatoms. The molecule has 2 heterocycles. The van der Waals surface area contributed by atoms with Crippen LogP contribution in [-0.4, -0.2) is 20.0 Å². The van der Waals surface area contributed by atoms with E-state index >= 15 is 0 Å². The highest BCUT2D eigenvalue weighted by Crippen LogP contribution is 2.37. The van der Waals surface area contributed by atoms with Gasteiger partial charge >= 0.3 is 6.18 Å². The number of para-hydroxylation sites is 1. The van der Waals surface area contributed by atoms with Crippen LogP contribution in [-0.2, 0) is 6.18 Å². The number of halogens is 3. The first-order chi connectivity index (χ1) is 10.6. The lowest BCUT2D eigenvalue weighted by atomic mass is 10.3. The highest BCUT2D eigenvalue weighted by atomic mass is 19.4. The zero-order valence-electron chi connectivity index (χ0n) is 11.1. The Morgan fingerprint density at radius 1 is 1.00 bits per heavy atom. The van der Waals surface area contributed by atoms with E-state index in [2.05, 4.69) is 20.6 Å². The molecule has 0 aliphatic heterocycles. The normalized spacial score (nSPS) is 11.4. The minimum absolute atomic E-state index is 0.00376. The molecule has 22 heavy (non-hydrogen) atoms. The molecular formula is C14H10F3N5. The van der Waals surface area contributed by atoms with Crippen molar-refractivity contribution in [1.29, 1.82) is 0 Å². The van der Waals surface area contributed by atoms with Gasteiger partial charge in [-0.2, -0.15) is 23.4 Å². The largest absolute Gasteiger partial charge is 0.435 e. The van der Waals surface area contributed by atoms with Gasteiger partial charge in [-0.05, 0) is 24.3 Å². The molecule has 0 amide bonds. The van der Waals surface area contributed by atoms with Crippen molar-refractivity contribution in [2.45, 2.75) is 6.18 Å². The number of hydrogen-bond acceptors (Lipinski definition) is 4. The second kappa shape index (κ2) is 5.47. The van der Waals surface area contributed by atoms with Gasteiger partial charge < -0.3 is 5.32 Å². The summed E-state index contributed by atoms with van der Waals surface area (Å²) in [7, 11) is 0. The quantitative estimate of drug-likeness (QED) is 0.805. The number of hydrogen-bond donors (Lipinski definition) is 1. The maximum Gasteiger partial charge on any atom is 0.435 e. The van der Waals surface area contributed by atoms with Gasteiger partial charge in [0.2, 0.25) is 0 Å². The highest BCUT2D eigenvalue weighted by molar-refractivity contribution is 5.62. The zero-order chi connectivity index (χ0) is 15.6. The van der Waals surface area contributed by atoms with Crippen molar-refractivity contribution in [2.75, 3.05) is 5.32 Å². The molecular weight excluding hydrogens is 295 g/mol. The van der Waals surface area contributed by atoms with E-state index in [1.807, 2.05) is 0 Å². The maximum absolute atomic E-state index is 13.4. The van der Waals surface area contributed by atoms with E-state index in [9.17, 15) is 13.2 Å². The topological polar surface area (TPSA) is 55.6 Å². The Hall–Kier alpha value is -2.90. The molecule has 0 atom stereocenters. The lowest BCUT2D eigenvalue weighted by Crippen LogP contribution is -2.16. The van der Waals surface area contributed by atoms with Crippen LogP contribution in [0.5, 0.6) is 0 Å². The smallest absolute Gasteiger partial charge is 0.352 e. The molecule has 2 aromatic heterocycles. The molecule has 3 aromatic rings. The van der Waals surface area contributed by atoms with Gasteiger partial charge in [-0.25, -0.2) is 4.68 Å². The SMILES string of the molecule is FC(F)(F)c1c(Nc2ccccc2)cnn1-c1cccnn1. The summed E-state index contributed by atoms with van der Waals surface area (Å²) in [6, 6.07) is 11.5. The molecule has 0 fully saturated rings. The summed E-state index contributed by atoms with van der Waals surface area (Å²) in [6.07, 6.45) is -2.10. The van der Waals surface area contributed by atoms with Crippen molar-refractivity contribution in [3.8, 4) is 5.82 Å². The Bertz CT molecular complexity index is 753.